The molecule has 0 aromatic heterocycles. The number of benzene rings is 1. The molecule has 0 saturated heterocycles. The van der Waals surface area contributed by atoms with E-state index in [1.807, 2.05) is 12.1 Å². The largest absolute Gasteiger partial charge is 0.444 e. The molecule has 0 bridgehead atoms. The van der Waals surface area contributed by atoms with Crippen LogP contribution in [-0.4, -0.2) is 48.0 Å². The van der Waals surface area contributed by atoms with Gasteiger partial charge in [-0.15, -0.1) is 0 Å². The highest BCUT2D eigenvalue weighted by Gasteiger charge is 2.31. The van der Waals surface area contributed by atoms with Gasteiger partial charge in [0.25, 0.3) is 0 Å². The summed E-state index contributed by atoms with van der Waals surface area (Å²) in [7, 11) is 3.08. The van der Waals surface area contributed by atoms with Crippen LogP contribution in [0.25, 0.3) is 0 Å². The van der Waals surface area contributed by atoms with E-state index in [9.17, 15) is 9.90 Å². The zero-order valence-electron chi connectivity index (χ0n) is 13.4. The number of carbonyl (C=O) groups is 1. The third-order valence-electron chi connectivity index (χ3n) is 2.82. The molecule has 114 valence electrons. The Hall–Kier alpha value is -1.46. The van der Waals surface area contributed by atoms with Crippen LogP contribution in [0, 0.1) is 0 Å². The maximum absolute atomic E-state index is 12.2. The second-order valence-corrected chi connectivity index (χ2v) is 6.54. The number of hydrogen-bond donors (Lipinski definition) is 2. The van der Waals surface area contributed by atoms with E-state index in [1.54, 1.807) is 48.6 Å². The Bertz CT molecular complexity index is 477. The van der Waals surface area contributed by atoms with Crippen molar-refractivity contribution < 1.29 is 19.7 Å². The fourth-order valence-corrected chi connectivity index (χ4v) is 1.73. The van der Waals surface area contributed by atoms with Crippen LogP contribution >= 0.6 is 0 Å². The Balaban J connectivity index is 2.90. The van der Waals surface area contributed by atoms with E-state index in [2.05, 4.69) is 0 Å². The van der Waals surface area contributed by atoms with Gasteiger partial charge in [-0.1, -0.05) is 24.3 Å². The summed E-state index contributed by atoms with van der Waals surface area (Å²) in [6, 6.07) is 7.20. The number of aliphatic hydroxyl groups excluding tert-OH is 1. The maximum atomic E-state index is 12.2. The molecule has 1 rings (SSSR count). The second-order valence-electron chi connectivity index (χ2n) is 6.54. The van der Waals surface area contributed by atoms with Crippen molar-refractivity contribution in [3.63, 3.8) is 0 Å². The fraction of sp³-hybridized carbons (Fsp3) is 0.500. The molecule has 1 amide bonds. The van der Waals surface area contributed by atoms with Gasteiger partial charge in [0.1, 0.15) is 5.60 Å². The number of aliphatic hydroxyl groups is 2. The third kappa shape index (κ3) is 5.81. The minimum Gasteiger partial charge on any atom is -0.444 e. The molecule has 0 aliphatic rings. The third-order valence-corrected chi connectivity index (χ3v) is 2.82. The Labute approximate surface area is 127 Å². The molecule has 0 radical (unpaired) electrons. The van der Waals surface area contributed by atoms with Crippen LogP contribution in [-0.2, 0) is 17.9 Å². The van der Waals surface area contributed by atoms with Crippen molar-refractivity contribution >= 4 is 21.8 Å². The van der Waals surface area contributed by atoms with Crippen molar-refractivity contribution in [2.24, 2.45) is 0 Å². The number of ether oxygens (including phenoxy) is 1. The van der Waals surface area contributed by atoms with Crippen molar-refractivity contribution in [2.45, 2.75) is 45.0 Å². The highest BCUT2D eigenvalue weighted by molar-refractivity contribution is 6.39. The summed E-state index contributed by atoms with van der Waals surface area (Å²) >= 11 is 0. The van der Waals surface area contributed by atoms with Crippen LogP contribution in [0.15, 0.2) is 24.3 Å². The van der Waals surface area contributed by atoms with Gasteiger partial charge in [-0.25, -0.2) is 4.79 Å². The van der Waals surface area contributed by atoms with Crippen molar-refractivity contribution in [1.29, 1.82) is 0 Å². The zero-order valence-corrected chi connectivity index (χ0v) is 13.4. The maximum Gasteiger partial charge on any atom is 0.411 e. The predicted octanol–water partition coefficient (Wildman–Crippen LogP) is -0.214. The lowest BCUT2D eigenvalue weighted by Crippen LogP contribution is -2.53. The molecule has 0 aliphatic carbocycles. The van der Waals surface area contributed by atoms with Crippen LogP contribution in [0.5, 0.6) is 0 Å². The molecule has 21 heavy (non-hydrogen) atoms. The molecule has 1 aromatic carbocycles. The first-order valence-electron chi connectivity index (χ1n) is 6.94. The molecule has 5 nitrogen and oxygen atoms in total. The van der Waals surface area contributed by atoms with Gasteiger partial charge in [-0.05, 0) is 31.9 Å². The lowest BCUT2D eigenvalue weighted by molar-refractivity contribution is -0.0214. The van der Waals surface area contributed by atoms with E-state index in [0.29, 0.717) is 0 Å². The summed E-state index contributed by atoms with van der Waals surface area (Å²) in [6.45, 7) is 5.54. The van der Waals surface area contributed by atoms with Gasteiger partial charge in [0.15, 0.2) is 15.7 Å². The Morgan fingerprint density at radius 3 is 2.05 bits per heavy atom. The molecule has 1 aromatic rings. The summed E-state index contributed by atoms with van der Waals surface area (Å²) < 4.78 is 5.33. The average molecular weight is 291 g/mol. The van der Waals surface area contributed by atoms with Crippen molar-refractivity contribution in [3.8, 4) is 0 Å². The number of nitrogens with zero attached hydrogens (tertiary/aromatic N) is 1. The molecule has 7 heteroatoms. The van der Waals surface area contributed by atoms with E-state index in [4.69, 9.17) is 9.84 Å². The van der Waals surface area contributed by atoms with E-state index >= 15 is 0 Å². The highest BCUT2D eigenvalue weighted by Crippen LogP contribution is 2.17. The Morgan fingerprint density at radius 1 is 1.19 bits per heavy atom. The van der Waals surface area contributed by atoms with Gasteiger partial charge in [-0.2, -0.15) is 0 Å². The summed E-state index contributed by atoms with van der Waals surface area (Å²) in [5.41, 5.74) is -0.315. The molecule has 0 spiro atoms. The van der Waals surface area contributed by atoms with Gasteiger partial charge in [-0.3, -0.25) is 4.90 Å². The van der Waals surface area contributed by atoms with Crippen LogP contribution < -0.4 is 0 Å². The van der Waals surface area contributed by atoms with E-state index in [-0.39, 0.29) is 13.2 Å². The van der Waals surface area contributed by atoms with Crippen molar-refractivity contribution in [3.05, 3.63) is 35.4 Å². The summed E-state index contributed by atoms with van der Waals surface area (Å²) in [6.07, 6.45) is -0.568. The Morgan fingerprint density at radius 2 is 1.67 bits per heavy atom. The minimum absolute atomic E-state index is 0.0262. The number of amides is 1. The lowest BCUT2D eigenvalue weighted by atomic mass is 9.72. The zero-order chi connectivity index (χ0) is 16.3. The summed E-state index contributed by atoms with van der Waals surface area (Å²) in [5.74, 6) is 0. The number of hydrogen-bond acceptors (Lipinski definition) is 4. The highest BCUT2D eigenvalue weighted by atomic mass is 16.6. The Kier molecular flexibility index (Phi) is 5.48. The summed E-state index contributed by atoms with van der Waals surface area (Å²) in [5, 5.41) is 19.2. The molecule has 2 N–H and O–H groups in total. The van der Waals surface area contributed by atoms with Gasteiger partial charge in [0.2, 0.25) is 0 Å². The minimum atomic E-state index is -1.34. The number of rotatable bonds is 4. The topological polar surface area (TPSA) is 70.0 Å². The predicted molar refractivity (Wildman–Crippen MR) is 86.2 cm³/mol. The van der Waals surface area contributed by atoms with E-state index < -0.39 is 17.2 Å². The standard InChI is InChI=1S/C14H23B2NO4/c1-13(2,3)21-12(19)17(14(15,16)20)8-10-4-6-11(9-18)7-5-10/h4-7,18,20H,8-9,15-16H2,1-3H3. The van der Waals surface area contributed by atoms with Gasteiger partial charge < -0.3 is 14.9 Å². The van der Waals surface area contributed by atoms with Gasteiger partial charge in [0.05, 0.1) is 18.7 Å². The fourth-order valence-electron chi connectivity index (χ4n) is 1.73. The molecular formula is C14H23B2NO4. The first-order valence-corrected chi connectivity index (χ1v) is 6.94. The van der Waals surface area contributed by atoms with Gasteiger partial charge in [0, 0.05) is 0 Å². The molecular weight excluding hydrogens is 268 g/mol. The normalized spacial score (nSPS) is 12.0. The van der Waals surface area contributed by atoms with Crippen LogP contribution in [0.3, 0.4) is 0 Å². The molecule has 0 atom stereocenters. The second kappa shape index (κ2) is 6.54. The van der Waals surface area contributed by atoms with Crippen LogP contribution in [0.2, 0.25) is 0 Å². The van der Waals surface area contributed by atoms with Crippen LogP contribution in [0.1, 0.15) is 31.9 Å². The quantitative estimate of drug-likeness (QED) is 0.594. The molecule has 0 fully saturated rings. The first kappa shape index (κ1) is 17.6. The molecule has 0 saturated carbocycles. The molecule has 0 unspecified atom stereocenters. The van der Waals surface area contributed by atoms with Crippen molar-refractivity contribution in [2.75, 3.05) is 0 Å². The lowest BCUT2D eigenvalue weighted by Gasteiger charge is -2.36. The smallest absolute Gasteiger partial charge is 0.411 e. The SMILES string of the molecule is BC(B)(O)N(Cc1ccc(CO)cc1)C(=O)OC(C)(C)C. The first-order chi connectivity index (χ1) is 9.53. The summed E-state index contributed by atoms with van der Waals surface area (Å²) in [4.78, 5) is 13.5. The van der Waals surface area contributed by atoms with Gasteiger partial charge >= 0.3 is 6.09 Å². The molecule has 0 aliphatic heterocycles. The monoisotopic (exact) mass is 291 g/mol. The van der Waals surface area contributed by atoms with Crippen LogP contribution in [0.4, 0.5) is 4.79 Å². The van der Waals surface area contributed by atoms with E-state index in [0.717, 1.165) is 11.1 Å². The van der Waals surface area contributed by atoms with Crippen molar-refractivity contribution in [1.82, 2.24) is 4.90 Å². The average Bonchev–Trinajstić information content (AvgIpc) is 2.33. The molecule has 0 heterocycles. The van der Waals surface area contributed by atoms with E-state index in [1.165, 1.54) is 4.90 Å². The number of carbonyl (C=O) groups excluding carboxylic acids is 1.